The summed E-state index contributed by atoms with van der Waals surface area (Å²) in [5, 5.41) is 25.9. The highest BCUT2D eigenvalue weighted by Crippen LogP contribution is 2.09. The van der Waals surface area contributed by atoms with E-state index in [1.54, 1.807) is 11.6 Å². The van der Waals surface area contributed by atoms with Crippen LogP contribution in [0.15, 0.2) is 45.4 Å². The molecule has 4 N–H and O–H groups in total. The summed E-state index contributed by atoms with van der Waals surface area (Å²) < 4.78 is 6.00. The number of amidine groups is 1. The van der Waals surface area contributed by atoms with Crippen LogP contribution in [0.4, 0.5) is 5.82 Å². The van der Waals surface area contributed by atoms with Gasteiger partial charge in [0.05, 0.1) is 11.4 Å². The van der Waals surface area contributed by atoms with E-state index in [0.717, 1.165) is 11.3 Å². The topological polar surface area (TPSA) is 159 Å². The molecule has 116 valence electrons. The molecule has 2 aromatic heterocycles. The number of hydrogen-bond donors (Lipinski definition) is 2. The second-order valence-electron chi connectivity index (χ2n) is 4.47. The fourth-order valence-electron chi connectivity index (χ4n) is 1.74. The lowest BCUT2D eigenvalue weighted by molar-refractivity contribution is 0.308. The summed E-state index contributed by atoms with van der Waals surface area (Å²) in [5.41, 5.74) is 13.8. The molecule has 0 saturated heterocycles. The SMILES string of the molecule is C/C(=N\N=C(/N)c1nonc1N)c1ccc(-n2cnnn2)cc1. The van der Waals surface area contributed by atoms with Crippen molar-refractivity contribution in [3.8, 4) is 5.69 Å². The normalized spacial score (nSPS) is 12.6. The summed E-state index contributed by atoms with van der Waals surface area (Å²) in [4.78, 5) is 0. The molecule has 0 aliphatic rings. The quantitative estimate of drug-likeness (QED) is 0.379. The summed E-state index contributed by atoms with van der Waals surface area (Å²) >= 11 is 0. The fourth-order valence-corrected chi connectivity index (χ4v) is 1.74. The first-order valence-corrected chi connectivity index (χ1v) is 6.45. The molecule has 11 heteroatoms. The number of hydrogen-bond acceptors (Lipinski definition) is 9. The fraction of sp³-hybridized carbons (Fsp3) is 0.0833. The smallest absolute Gasteiger partial charge is 0.199 e. The average molecular weight is 312 g/mol. The molecule has 0 spiro atoms. The van der Waals surface area contributed by atoms with Crippen molar-refractivity contribution in [1.29, 1.82) is 0 Å². The number of anilines is 1. The van der Waals surface area contributed by atoms with Crippen LogP contribution in [0.5, 0.6) is 0 Å². The second-order valence-corrected chi connectivity index (χ2v) is 4.47. The number of nitrogen functional groups attached to an aromatic ring is 1. The minimum absolute atomic E-state index is 0.0217. The standard InChI is InChI=1S/C12H12N10O/c1-7(16-17-11(13)10-12(14)19-23-18-10)8-2-4-9(5-3-8)22-6-15-20-21-22/h2-6H,1H3,(H2,13,17)(H2,14,19)/b16-7+. The first-order chi connectivity index (χ1) is 11.1. The highest BCUT2D eigenvalue weighted by molar-refractivity contribution is 6.01. The van der Waals surface area contributed by atoms with Gasteiger partial charge in [-0.2, -0.15) is 5.10 Å². The van der Waals surface area contributed by atoms with E-state index in [1.165, 1.54) is 6.33 Å². The Balaban J connectivity index is 1.80. The van der Waals surface area contributed by atoms with Crippen LogP contribution in [0.25, 0.3) is 5.69 Å². The molecule has 0 saturated carbocycles. The molecule has 11 nitrogen and oxygen atoms in total. The largest absolute Gasteiger partial charge is 0.380 e. The first-order valence-electron chi connectivity index (χ1n) is 6.45. The van der Waals surface area contributed by atoms with E-state index in [4.69, 9.17) is 11.5 Å². The maximum absolute atomic E-state index is 5.73. The summed E-state index contributed by atoms with van der Waals surface area (Å²) in [5.74, 6) is 0.0818. The summed E-state index contributed by atoms with van der Waals surface area (Å²) in [6, 6.07) is 7.45. The van der Waals surface area contributed by atoms with Gasteiger partial charge in [0, 0.05) is 0 Å². The van der Waals surface area contributed by atoms with E-state index in [0.29, 0.717) is 5.71 Å². The summed E-state index contributed by atoms with van der Waals surface area (Å²) in [7, 11) is 0. The van der Waals surface area contributed by atoms with Crippen LogP contribution >= 0.6 is 0 Å². The third-order valence-electron chi connectivity index (χ3n) is 2.96. The Morgan fingerprint density at radius 2 is 1.96 bits per heavy atom. The molecule has 3 aromatic rings. The molecular formula is C12H12N10O. The molecule has 3 rings (SSSR count). The first kappa shape index (κ1) is 14.3. The van der Waals surface area contributed by atoms with E-state index in [1.807, 2.05) is 24.3 Å². The Morgan fingerprint density at radius 1 is 1.17 bits per heavy atom. The van der Waals surface area contributed by atoms with Crippen LogP contribution in [0, 0.1) is 0 Å². The molecule has 0 aliphatic heterocycles. The zero-order valence-corrected chi connectivity index (χ0v) is 12.0. The number of nitrogens with zero attached hydrogens (tertiary/aromatic N) is 8. The Kier molecular flexibility index (Phi) is 3.74. The predicted molar refractivity (Wildman–Crippen MR) is 80.8 cm³/mol. The van der Waals surface area contributed by atoms with E-state index in [2.05, 4.69) is 40.7 Å². The Hall–Kier alpha value is -3.63. The molecule has 0 aliphatic carbocycles. The van der Waals surface area contributed by atoms with Gasteiger partial charge in [0.15, 0.2) is 17.3 Å². The van der Waals surface area contributed by atoms with E-state index in [-0.39, 0.29) is 17.3 Å². The van der Waals surface area contributed by atoms with Crippen LogP contribution in [-0.2, 0) is 0 Å². The molecule has 0 unspecified atom stereocenters. The zero-order valence-electron chi connectivity index (χ0n) is 12.0. The number of nitrogens with two attached hydrogens (primary N) is 2. The molecule has 2 heterocycles. The molecule has 0 fully saturated rings. The maximum atomic E-state index is 5.73. The van der Waals surface area contributed by atoms with Crippen molar-refractivity contribution in [2.24, 2.45) is 15.9 Å². The van der Waals surface area contributed by atoms with Crippen LogP contribution < -0.4 is 11.5 Å². The molecule has 0 radical (unpaired) electrons. The average Bonchev–Trinajstić information content (AvgIpc) is 3.24. The lowest BCUT2D eigenvalue weighted by atomic mass is 10.1. The van der Waals surface area contributed by atoms with Crippen molar-refractivity contribution < 1.29 is 4.63 Å². The highest BCUT2D eigenvalue weighted by Gasteiger charge is 2.10. The van der Waals surface area contributed by atoms with Crippen LogP contribution in [0.2, 0.25) is 0 Å². The lowest BCUT2D eigenvalue weighted by Gasteiger charge is -2.02. The molecule has 0 bridgehead atoms. The summed E-state index contributed by atoms with van der Waals surface area (Å²) in [6.07, 6.45) is 1.51. The monoisotopic (exact) mass is 312 g/mol. The third-order valence-corrected chi connectivity index (χ3v) is 2.96. The van der Waals surface area contributed by atoms with Crippen molar-refractivity contribution in [2.45, 2.75) is 6.92 Å². The molecule has 1 aromatic carbocycles. The van der Waals surface area contributed by atoms with Crippen molar-refractivity contribution >= 4 is 17.4 Å². The molecule has 0 amide bonds. The Bertz CT molecular complexity index is 846. The van der Waals surface area contributed by atoms with Gasteiger partial charge in [-0.05, 0) is 45.4 Å². The number of tetrazole rings is 1. The van der Waals surface area contributed by atoms with Gasteiger partial charge in [0.2, 0.25) is 0 Å². The van der Waals surface area contributed by atoms with Gasteiger partial charge in [0.1, 0.15) is 6.33 Å². The van der Waals surface area contributed by atoms with Gasteiger partial charge < -0.3 is 11.5 Å². The maximum Gasteiger partial charge on any atom is 0.199 e. The van der Waals surface area contributed by atoms with Gasteiger partial charge >= 0.3 is 0 Å². The van der Waals surface area contributed by atoms with Gasteiger partial charge in [-0.25, -0.2) is 9.31 Å². The van der Waals surface area contributed by atoms with Crippen LogP contribution in [-0.4, -0.2) is 42.1 Å². The predicted octanol–water partition coefficient (Wildman–Crippen LogP) is -0.243. The van der Waals surface area contributed by atoms with E-state index >= 15 is 0 Å². The zero-order chi connectivity index (χ0) is 16.2. The van der Waals surface area contributed by atoms with Gasteiger partial charge in [0.25, 0.3) is 0 Å². The van der Waals surface area contributed by atoms with Crippen molar-refractivity contribution in [1.82, 2.24) is 30.5 Å². The van der Waals surface area contributed by atoms with Crippen LogP contribution in [0.1, 0.15) is 18.2 Å². The minimum Gasteiger partial charge on any atom is -0.380 e. The molecule has 0 atom stereocenters. The second kappa shape index (κ2) is 6.01. The van der Waals surface area contributed by atoms with E-state index in [9.17, 15) is 0 Å². The summed E-state index contributed by atoms with van der Waals surface area (Å²) in [6.45, 7) is 1.80. The van der Waals surface area contributed by atoms with Gasteiger partial charge in [-0.3, -0.25) is 0 Å². The highest BCUT2D eigenvalue weighted by atomic mass is 16.6. The van der Waals surface area contributed by atoms with Crippen molar-refractivity contribution in [3.63, 3.8) is 0 Å². The van der Waals surface area contributed by atoms with Gasteiger partial charge in [-0.1, -0.05) is 12.1 Å². The van der Waals surface area contributed by atoms with Crippen molar-refractivity contribution in [3.05, 3.63) is 41.9 Å². The van der Waals surface area contributed by atoms with Crippen LogP contribution in [0.3, 0.4) is 0 Å². The van der Waals surface area contributed by atoms with Gasteiger partial charge in [-0.15, -0.1) is 10.2 Å². The number of aromatic nitrogens is 6. The number of benzene rings is 1. The number of rotatable bonds is 4. The molecular weight excluding hydrogens is 300 g/mol. The Labute approximate surface area is 129 Å². The molecule has 23 heavy (non-hydrogen) atoms. The third kappa shape index (κ3) is 3.02. The van der Waals surface area contributed by atoms with E-state index < -0.39 is 0 Å². The minimum atomic E-state index is 0.0217. The lowest BCUT2D eigenvalue weighted by Crippen LogP contribution is -2.15. The van der Waals surface area contributed by atoms with Crippen molar-refractivity contribution in [2.75, 3.05) is 5.73 Å². The Morgan fingerprint density at radius 3 is 2.57 bits per heavy atom.